The fourth-order valence-corrected chi connectivity index (χ4v) is 5.53. The molecule has 0 N–H and O–H groups in total. The standard InChI is InChI=1S/C24H23F3N6O2S/c1-13-10-17(33(30-13)19-5-8-35-19)20-21-22(36-31-20)16(15-4-3-6-28-23(15)24(25,26)27)11-18(29-21)32-7-9-34-12-14(32)2/h3-4,6,10-11,14,19H,5,7-9,12H2,1-2H3/t14-,19?/m1/s1. The predicted molar refractivity (Wildman–Crippen MR) is 129 cm³/mol. The van der Waals surface area contributed by atoms with Gasteiger partial charge in [0.05, 0.1) is 42.0 Å². The Bertz CT molecular complexity index is 1430. The number of pyridine rings is 2. The van der Waals surface area contributed by atoms with Crippen molar-refractivity contribution in [3.8, 4) is 22.5 Å². The van der Waals surface area contributed by atoms with Gasteiger partial charge in [-0.1, -0.05) is 6.07 Å². The number of hydrogen-bond donors (Lipinski definition) is 0. The number of halogens is 3. The van der Waals surface area contributed by atoms with E-state index in [1.165, 1.54) is 12.1 Å². The molecule has 36 heavy (non-hydrogen) atoms. The first-order valence-corrected chi connectivity index (χ1v) is 12.4. The van der Waals surface area contributed by atoms with Gasteiger partial charge in [0.15, 0.2) is 11.9 Å². The molecule has 0 radical (unpaired) electrons. The van der Waals surface area contributed by atoms with Gasteiger partial charge in [-0.25, -0.2) is 9.67 Å². The zero-order chi connectivity index (χ0) is 25.0. The first-order valence-electron chi connectivity index (χ1n) is 11.7. The summed E-state index contributed by atoms with van der Waals surface area (Å²) in [5.41, 5.74) is 2.11. The molecule has 0 aromatic carbocycles. The fraction of sp³-hybridized carbons (Fsp3) is 0.417. The van der Waals surface area contributed by atoms with E-state index >= 15 is 0 Å². The van der Waals surface area contributed by atoms with Gasteiger partial charge in [-0.15, -0.1) is 0 Å². The van der Waals surface area contributed by atoms with Gasteiger partial charge < -0.3 is 14.4 Å². The Balaban J connectivity index is 1.60. The Hall–Kier alpha value is -3.09. The van der Waals surface area contributed by atoms with Crippen LogP contribution in [0.5, 0.6) is 0 Å². The average molecular weight is 517 g/mol. The van der Waals surface area contributed by atoms with Crippen molar-refractivity contribution in [3.05, 3.63) is 41.9 Å². The number of ether oxygens (including phenoxy) is 2. The lowest BCUT2D eigenvalue weighted by atomic mass is 10.0. The summed E-state index contributed by atoms with van der Waals surface area (Å²) in [4.78, 5) is 10.7. The maximum atomic E-state index is 14.0. The highest BCUT2D eigenvalue weighted by atomic mass is 32.1. The van der Waals surface area contributed by atoms with E-state index in [9.17, 15) is 13.2 Å². The van der Waals surface area contributed by atoms with Crippen LogP contribution >= 0.6 is 11.5 Å². The molecule has 0 bridgehead atoms. The van der Waals surface area contributed by atoms with Gasteiger partial charge in [0.1, 0.15) is 17.0 Å². The van der Waals surface area contributed by atoms with Crippen molar-refractivity contribution in [2.75, 3.05) is 31.3 Å². The van der Waals surface area contributed by atoms with Gasteiger partial charge in [-0.05, 0) is 43.6 Å². The van der Waals surface area contributed by atoms with E-state index in [1.807, 2.05) is 19.9 Å². The van der Waals surface area contributed by atoms with Gasteiger partial charge in [-0.2, -0.15) is 22.6 Å². The Morgan fingerprint density at radius 1 is 1.17 bits per heavy atom. The van der Waals surface area contributed by atoms with Gasteiger partial charge in [0, 0.05) is 30.3 Å². The Morgan fingerprint density at radius 3 is 2.72 bits per heavy atom. The smallest absolute Gasteiger partial charge is 0.377 e. The third-order valence-corrected chi connectivity index (χ3v) is 7.36. The summed E-state index contributed by atoms with van der Waals surface area (Å²) in [6.07, 6.45) is -2.81. The second-order valence-electron chi connectivity index (χ2n) is 8.98. The van der Waals surface area contributed by atoms with Crippen molar-refractivity contribution in [3.63, 3.8) is 0 Å². The predicted octanol–water partition coefficient (Wildman–Crippen LogP) is 5.09. The molecule has 2 fully saturated rings. The summed E-state index contributed by atoms with van der Waals surface area (Å²) in [5, 5.41) is 4.59. The lowest BCUT2D eigenvalue weighted by Crippen LogP contribution is -2.44. The molecule has 4 aromatic rings. The molecular formula is C24H23F3N6O2S. The molecule has 6 heterocycles. The van der Waals surface area contributed by atoms with Gasteiger partial charge in [0.2, 0.25) is 0 Å². The third kappa shape index (κ3) is 3.93. The quantitative estimate of drug-likeness (QED) is 0.374. The minimum atomic E-state index is -4.61. The number of aromatic nitrogens is 5. The number of hydrogen-bond acceptors (Lipinski definition) is 8. The zero-order valence-electron chi connectivity index (χ0n) is 19.6. The molecular weight excluding hydrogens is 493 g/mol. The normalized spacial score (nSPS) is 20.6. The highest BCUT2D eigenvalue weighted by molar-refractivity contribution is 7.14. The van der Waals surface area contributed by atoms with Crippen LogP contribution in [0.15, 0.2) is 30.5 Å². The van der Waals surface area contributed by atoms with Crippen molar-refractivity contribution in [1.82, 2.24) is 24.1 Å². The van der Waals surface area contributed by atoms with Crippen molar-refractivity contribution in [2.45, 2.75) is 38.7 Å². The van der Waals surface area contributed by atoms with Gasteiger partial charge in [-0.3, -0.25) is 4.98 Å². The lowest BCUT2D eigenvalue weighted by Gasteiger charge is -2.34. The molecule has 1 unspecified atom stereocenters. The van der Waals surface area contributed by atoms with Crippen LogP contribution in [0.4, 0.5) is 19.0 Å². The number of fused-ring (bicyclic) bond motifs is 1. The molecule has 2 aliphatic heterocycles. The number of nitrogens with zero attached hydrogens (tertiary/aromatic N) is 6. The maximum absolute atomic E-state index is 14.0. The second-order valence-corrected chi connectivity index (χ2v) is 9.75. The number of rotatable bonds is 4. The molecule has 12 heteroatoms. The minimum Gasteiger partial charge on any atom is -0.377 e. The summed E-state index contributed by atoms with van der Waals surface area (Å²) in [6.45, 7) is 6.16. The molecule has 0 amide bonds. The summed E-state index contributed by atoms with van der Waals surface area (Å²) in [5.74, 6) is 0.578. The van der Waals surface area contributed by atoms with Crippen LogP contribution in [0.3, 0.4) is 0 Å². The van der Waals surface area contributed by atoms with Crippen LogP contribution in [0.2, 0.25) is 0 Å². The summed E-state index contributed by atoms with van der Waals surface area (Å²) >= 11 is 1.13. The third-order valence-electron chi connectivity index (χ3n) is 6.49. The monoisotopic (exact) mass is 516 g/mol. The topological polar surface area (TPSA) is 78.2 Å². The lowest BCUT2D eigenvalue weighted by molar-refractivity contribution is -0.140. The van der Waals surface area contributed by atoms with E-state index < -0.39 is 11.9 Å². The highest BCUT2D eigenvalue weighted by Crippen LogP contribution is 2.43. The van der Waals surface area contributed by atoms with E-state index in [4.69, 9.17) is 14.5 Å². The minimum absolute atomic E-state index is 0.00165. The average Bonchev–Trinajstić information content (AvgIpc) is 3.40. The largest absolute Gasteiger partial charge is 0.433 e. The molecule has 0 aliphatic carbocycles. The van der Waals surface area contributed by atoms with Crippen molar-refractivity contribution in [2.24, 2.45) is 0 Å². The number of aryl methyl sites for hydroxylation is 1. The van der Waals surface area contributed by atoms with E-state index in [0.717, 1.165) is 35.5 Å². The second kappa shape index (κ2) is 8.79. The molecule has 0 spiro atoms. The van der Waals surface area contributed by atoms with Crippen LogP contribution < -0.4 is 4.90 Å². The van der Waals surface area contributed by atoms with Crippen LogP contribution in [-0.2, 0) is 15.7 Å². The van der Waals surface area contributed by atoms with Crippen molar-refractivity contribution >= 4 is 27.6 Å². The number of morpholine rings is 1. The molecule has 8 nitrogen and oxygen atoms in total. The molecule has 2 aliphatic rings. The highest BCUT2D eigenvalue weighted by Gasteiger charge is 2.37. The molecule has 188 valence electrons. The van der Waals surface area contributed by atoms with Crippen molar-refractivity contribution in [1.29, 1.82) is 0 Å². The van der Waals surface area contributed by atoms with Crippen LogP contribution in [0.25, 0.3) is 32.7 Å². The van der Waals surface area contributed by atoms with Crippen LogP contribution in [-0.4, -0.2) is 56.5 Å². The molecule has 2 saturated heterocycles. The molecule has 6 rings (SSSR count). The van der Waals surface area contributed by atoms with E-state index in [2.05, 4.69) is 19.4 Å². The first-order chi connectivity index (χ1) is 17.3. The number of alkyl halides is 3. The SMILES string of the molecule is Cc1cc(-c2nsc3c(-c4cccnc4C(F)(F)F)cc(N4CCOC[C@H]4C)nc23)n(C2CCO2)n1. The maximum Gasteiger partial charge on any atom is 0.433 e. The van der Waals surface area contributed by atoms with E-state index in [0.29, 0.717) is 53.7 Å². The molecule has 0 saturated carbocycles. The van der Waals surface area contributed by atoms with Gasteiger partial charge in [0.25, 0.3) is 0 Å². The van der Waals surface area contributed by atoms with Crippen LogP contribution in [0.1, 0.15) is 31.0 Å². The van der Waals surface area contributed by atoms with Crippen LogP contribution in [0, 0.1) is 6.92 Å². The summed E-state index contributed by atoms with van der Waals surface area (Å²) in [7, 11) is 0. The zero-order valence-corrected chi connectivity index (χ0v) is 20.4. The van der Waals surface area contributed by atoms with E-state index in [-0.39, 0.29) is 17.8 Å². The number of anilines is 1. The Morgan fingerprint density at radius 2 is 2.00 bits per heavy atom. The first kappa shape index (κ1) is 23.3. The molecule has 2 atom stereocenters. The fourth-order valence-electron chi connectivity index (χ4n) is 4.67. The summed E-state index contributed by atoms with van der Waals surface area (Å²) < 4.78 is 60.2. The van der Waals surface area contributed by atoms with E-state index in [1.54, 1.807) is 10.7 Å². The Kier molecular flexibility index (Phi) is 5.69. The molecule has 4 aromatic heterocycles. The van der Waals surface area contributed by atoms with Gasteiger partial charge >= 0.3 is 6.18 Å². The summed E-state index contributed by atoms with van der Waals surface area (Å²) in [6, 6.07) is 6.61. The Labute approximate surface area is 208 Å². The van der Waals surface area contributed by atoms with Crippen molar-refractivity contribution < 1.29 is 22.6 Å².